The zero-order chi connectivity index (χ0) is 14.3. The normalized spacial score (nSPS) is 27.7. The van der Waals surface area contributed by atoms with Gasteiger partial charge in [-0.3, -0.25) is 0 Å². The third kappa shape index (κ3) is 3.18. The van der Waals surface area contributed by atoms with Crippen molar-refractivity contribution in [3.8, 4) is 0 Å². The number of hydrogen-bond donors (Lipinski definition) is 1. The summed E-state index contributed by atoms with van der Waals surface area (Å²) in [6.45, 7) is 4.03. The Balaban J connectivity index is 2.30. The molecule has 0 heterocycles. The van der Waals surface area contributed by atoms with E-state index < -0.39 is 20.7 Å². The number of aliphatic hydroxyl groups is 1. The van der Waals surface area contributed by atoms with Crippen molar-refractivity contribution in [3.05, 3.63) is 34.9 Å². The van der Waals surface area contributed by atoms with Crippen LogP contribution in [0, 0.1) is 13.8 Å². The standard InChI is InChI=1S/C15H22O3S/c1-11-7-12(2)9-13(8-11)10-15(16)6-4-5-14(15)19(3,17)18/h7-9,14,16H,4-6,10H2,1-3H3. The van der Waals surface area contributed by atoms with Gasteiger partial charge in [-0.2, -0.15) is 0 Å². The molecule has 1 aromatic rings. The maximum Gasteiger partial charge on any atom is 0.153 e. The minimum atomic E-state index is -3.20. The second kappa shape index (κ2) is 4.91. The summed E-state index contributed by atoms with van der Waals surface area (Å²) in [5.41, 5.74) is 2.21. The van der Waals surface area contributed by atoms with Crippen LogP contribution in [0.4, 0.5) is 0 Å². The SMILES string of the molecule is Cc1cc(C)cc(CC2(O)CCCC2S(C)(=O)=O)c1. The van der Waals surface area contributed by atoms with Crippen molar-refractivity contribution in [2.24, 2.45) is 0 Å². The number of sulfone groups is 1. The van der Waals surface area contributed by atoms with Gasteiger partial charge < -0.3 is 5.11 Å². The molecule has 4 heteroatoms. The fourth-order valence-corrected chi connectivity index (χ4v) is 4.96. The summed E-state index contributed by atoms with van der Waals surface area (Å²) >= 11 is 0. The number of hydrogen-bond acceptors (Lipinski definition) is 3. The van der Waals surface area contributed by atoms with Gasteiger partial charge in [-0.1, -0.05) is 29.3 Å². The molecule has 0 aliphatic heterocycles. The Morgan fingerprint density at radius 3 is 2.37 bits per heavy atom. The molecule has 0 bridgehead atoms. The van der Waals surface area contributed by atoms with Gasteiger partial charge in [0.05, 0.1) is 10.9 Å². The van der Waals surface area contributed by atoms with Gasteiger partial charge in [0, 0.05) is 12.7 Å². The van der Waals surface area contributed by atoms with Crippen LogP contribution >= 0.6 is 0 Å². The van der Waals surface area contributed by atoms with Gasteiger partial charge in [-0.05, 0) is 38.7 Å². The maximum atomic E-state index is 11.8. The fraction of sp³-hybridized carbons (Fsp3) is 0.600. The molecule has 0 saturated heterocycles. The van der Waals surface area contributed by atoms with Gasteiger partial charge >= 0.3 is 0 Å². The lowest BCUT2D eigenvalue weighted by Gasteiger charge is -2.29. The number of benzene rings is 1. The van der Waals surface area contributed by atoms with E-state index in [0.29, 0.717) is 19.3 Å². The summed E-state index contributed by atoms with van der Waals surface area (Å²) in [6.07, 6.45) is 3.57. The highest BCUT2D eigenvalue weighted by atomic mass is 32.2. The molecular weight excluding hydrogens is 260 g/mol. The van der Waals surface area contributed by atoms with Crippen LogP contribution < -0.4 is 0 Å². The van der Waals surface area contributed by atoms with E-state index in [0.717, 1.165) is 23.1 Å². The van der Waals surface area contributed by atoms with E-state index in [-0.39, 0.29) is 0 Å². The van der Waals surface area contributed by atoms with Gasteiger partial charge in [0.2, 0.25) is 0 Å². The van der Waals surface area contributed by atoms with Gasteiger partial charge in [0.25, 0.3) is 0 Å². The minimum Gasteiger partial charge on any atom is -0.388 e. The zero-order valence-corrected chi connectivity index (χ0v) is 12.6. The second-order valence-corrected chi connectivity index (χ2v) is 8.21. The van der Waals surface area contributed by atoms with Gasteiger partial charge in [-0.15, -0.1) is 0 Å². The van der Waals surface area contributed by atoms with E-state index >= 15 is 0 Å². The monoisotopic (exact) mass is 282 g/mol. The van der Waals surface area contributed by atoms with Crippen LogP contribution in [0.5, 0.6) is 0 Å². The zero-order valence-electron chi connectivity index (χ0n) is 11.8. The lowest BCUT2D eigenvalue weighted by Crippen LogP contribution is -2.44. The molecule has 0 radical (unpaired) electrons. The molecule has 0 amide bonds. The van der Waals surface area contributed by atoms with Crippen LogP contribution in [-0.4, -0.2) is 30.6 Å². The third-order valence-corrected chi connectivity index (χ3v) is 5.69. The number of aryl methyl sites for hydroxylation is 2. The highest BCUT2D eigenvalue weighted by Gasteiger charge is 2.46. The van der Waals surface area contributed by atoms with Gasteiger partial charge in [-0.25, -0.2) is 8.42 Å². The Morgan fingerprint density at radius 1 is 1.26 bits per heavy atom. The molecule has 19 heavy (non-hydrogen) atoms. The summed E-state index contributed by atoms with van der Waals surface area (Å²) in [7, 11) is -3.20. The highest BCUT2D eigenvalue weighted by molar-refractivity contribution is 7.91. The van der Waals surface area contributed by atoms with Crippen LogP contribution in [0.1, 0.15) is 36.0 Å². The first-order valence-corrected chi connectivity index (χ1v) is 8.65. The largest absolute Gasteiger partial charge is 0.388 e. The molecule has 106 valence electrons. The summed E-state index contributed by atoms with van der Waals surface area (Å²) in [6, 6.07) is 6.14. The maximum absolute atomic E-state index is 11.8. The van der Waals surface area contributed by atoms with Crippen molar-refractivity contribution in [3.63, 3.8) is 0 Å². The van der Waals surface area contributed by atoms with E-state index in [4.69, 9.17) is 0 Å². The smallest absolute Gasteiger partial charge is 0.153 e. The third-order valence-electron chi connectivity index (χ3n) is 3.98. The molecule has 1 aliphatic carbocycles. The van der Waals surface area contributed by atoms with E-state index in [1.807, 2.05) is 26.0 Å². The quantitative estimate of drug-likeness (QED) is 0.924. The Labute approximate surface area is 115 Å². The van der Waals surface area contributed by atoms with Crippen molar-refractivity contribution in [2.45, 2.75) is 50.4 Å². The molecule has 1 aromatic carbocycles. The molecule has 0 spiro atoms. The van der Waals surface area contributed by atoms with E-state index in [9.17, 15) is 13.5 Å². The predicted molar refractivity (Wildman–Crippen MR) is 77.1 cm³/mol. The van der Waals surface area contributed by atoms with Crippen molar-refractivity contribution >= 4 is 9.84 Å². The van der Waals surface area contributed by atoms with Crippen LogP contribution in [0.3, 0.4) is 0 Å². The van der Waals surface area contributed by atoms with Crippen LogP contribution in [0.15, 0.2) is 18.2 Å². The molecule has 2 unspecified atom stereocenters. The molecule has 1 saturated carbocycles. The lowest BCUT2D eigenvalue weighted by molar-refractivity contribution is 0.0512. The molecule has 1 N–H and O–H groups in total. The summed E-state index contributed by atoms with van der Waals surface area (Å²) < 4.78 is 23.6. The summed E-state index contributed by atoms with van der Waals surface area (Å²) in [5.74, 6) is 0. The van der Waals surface area contributed by atoms with Crippen molar-refractivity contribution < 1.29 is 13.5 Å². The van der Waals surface area contributed by atoms with Crippen molar-refractivity contribution in [2.75, 3.05) is 6.26 Å². The lowest BCUT2D eigenvalue weighted by atomic mass is 9.91. The molecule has 2 atom stereocenters. The molecule has 0 aromatic heterocycles. The summed E-state index contributed by atoms with van der Waals surface area (Å²) in [5, 5.41) is 10.1. The molecule has 2 rings (SSSR count). The molecule has 3 nitrogen and oxygen atoms in total. The Morgan fingerprint density at radius 2 is 1.84 bits per heavy atom. The van der Waals surface area contributed by atoms with Crippen molar-refractivity contribution in [1.82, 2.24) is 0 Å². The van der Waals surface area contributed by atoms with Crippen molar-refractivity contribution in [1.29, 1.82) is 0 Å². The second-order valence-electron chi connectivity index (χ2n) is 5.99. The van der Waals surface area contributed by atoms with Gasteiger partial charge in [0.1, 0.15) is 0 Å². The Bertz CT molecular complexity index is 557. The van der Waals surface area contributed by atoms with Crippen LogP contribution in [0.2, 0.25) is 0 Å². The average molecular weight is 282 g/mol. The van der Waals surface area contributed by atoms with E-state index in [1.165, 1.54) is 6.26 Å². The first kappa shape index (κ1) is 14.5. The highest BCUT2D eigenvalue weighted by Crippen LogP contribution is 2.37. The molecule has 1 aliphatic rings. The molecule has 1 fully saturated rings. The first-order chi connectivity index (χ1) is 8.71. The summed E-state index contributed by atoms with van der Waals surface area (Å²) in [4.78, 5) is 0. The van der Waals surface area contributed by atoms with E-state index in [2.05, 4.69) is 6.07 Å². The van der Waals surface area contributed by atoms with E-state index in [1.54, 1.807) is 0 Å². The topological polar surface area (TPSA) is 54.4 Å². The number of rotatable bonds is 3. The Kier molecular flexibility index (Phi) is 3.76. The van der Waals surface area contributed by atoms with Crippen LogP contribution in [0.25, 0.3) is 0 Å². The van der Waals surface area contributed by atoms with Crippen LogP contribution in [-0.2, 0) is 16.3 Å². The average Bonchev–Trinajstić information content (AvgIpc) is 2.57. The Hall–Kier alpha value is -0.870. The van der Waals surface area contributed by atoms with Gasteiger partial charge in [0.15, 0.2) is 9.84 Å². The molecular formula is C15H22O3S. The fourth-order valence-electron chi connectivity index (χ4n) is 3.36. The first-order valence-electron chi connectivity index (χ1n) is 6.69. The predicted octanol–water partition coefficient (Wildman–Crippen LogP) is 2.17. The minimum absolute atomic E-state index is 0.424.